The van der Waals surface area contributed by atoms with E-state index in [2.05, 4.69) is 4.90 Å². The van der Waals surface area contributed by atoms with Crippen molar-refractivity contribution < 1.29 is 27.4 Å². The van der Waals surface area contributed by atoms with E-state index < -0.39 is 17.3 Å². The van der Waals surface area contributed by atoms with Crippen LogP contribution in [-0.2, 0) is 15.7 Å². The predicted octanol–water partition coefficient (Wildman–Crippen LogP) is 5.11. The fourth-order valence-electron chi connectivity index (χ4n) is 3.92. The molecule has 2 rings (SSSR count). The van der Waals surface area contributed by atoms with Gasteiger partial charge in [-0.2, -0.15) is 13.2 Å². The number of amides is 1. The molecule has 1 saturated heterocycles. The summed E-state index contributed by atoms with van der Waals surface area (Å²) in [5.41, 5.74) is -0.418. The average Bonchev–Trinajstić information content (AvgIpc) is 2.62. The standard InChI is InChI=1S/C22H33F3N2O3/c1-7-19(16-8-10-17(11-9-16)22(23,24)25)27-12-15(2)26(13-18(27)14-29-6)20(28)30-21(3,4)5/h8-11,15,18-19H,7,12-14H2,1-6H3. The Morgan fingerprint density at radius 1 is 1.17 bits per heavy atom. The van der Waals surface area contributed by atoms with Crippen LogP contribution in [0.2, 0.25) is 0 Å². The van der Waals surface area contributed by atoms with Crippen molar-refractivity contribution in [3.8, 4) is 0 Å². The van der Waals surface area contributed by atoms with Gasteiger partial charge in [0.05, 0.1) is 18.2 Å². The van der Waals surface area contributed by atoms with Gasteiger partial charge in [-0.05, 0) is 51.8 Å². The largest absolute Gasteiger partial charge is 0.444 e. The Labute approximate surface area is 177 Å². The number of halogens is 3. The minimum absolute atomic E-state index is 0.0735. The Morgan fingerprint density at radius 3 is 2.23 bits per heavy atom. The minimum Gasteiger partial charge on any atom is -0.444 e. The zero-order chi connectivity index (χ0) is 22.7. The Morgan fingerprint density at radius 2 is 1.77 bits per heavy atom. The summed E-state index contributed by atoms with van der Waals surface area (Å²) in [5, 5.41) is 0. The summed E-state index contributed by atoms with van der Waals surface area (Å²) in [6.45, 7) is 10.9. The number of rotatable bonds is 5. The van der Waals surface area contributed by atoms with Crippen molar-refractivity contribution in [1.29, 1.82) is 0 Å². The highest BCUT2D eigenvalue weighted by atomic mass is 19.4. The number of nitrogens with zero attached hydrogens (tertiary/aromatic N) is 2. The highest BCUT2D eigenvalue weighted by Gasteiger charge is 2.39. The van der Waals surface area contributed by atoms with Crippen molar-refractivity contribution in [2.75, 3.05) is 26.8 Å². The van der Waals surface area contributed by atoms with Crippen molar-refractivity contribution in [2.45, 2.75) is 70.9 Å². The average molecular weight is 431 g/mol. The van der Waals surface area contributed by atoms with Gasteiger partial charge in [-0.15, -0.1) is 0 Å². The number of alkyl halides is 3. The summed E-state index contributed by atoms with van der Waals surface area (Å²) in [6.07, 6.45) is -3.99. The number of carbonyl (C=O) groups excluding carboxylic acids is 1. The van der Waals surface area contributed by atoms with Gasteiger partial charge in [0.15, 0.2) is 0 Å². The van der Waals surface area contributed by atoms with Crippen molar-refractivity contribution in [1.82, 2.24) is 9.80 Å². The molecule has 1 aromatic carbocycles. The molecule has 8 heteroatoms. The van der Waals surface area contributed by atoms with Crippen molar-refractivity contribution in [3.05, 3.63) is 35.4 Å². The number of ether oxygens (including phenoxy) is 2. The van der Waals surface area contributed by atoms with E-state index >= 15 is 0 Å². The molecule has 1 amide bonds. The maximum absolute atomic E-state index is 12.9. The van der Waals surface area contributed by atoms with E-state index in [0.717, 1.165) is 24.1 Å². The van der Waals surface area contributed by atoms with Crippen molar-refractivity contribution >= 4 is 6.09 Å². The summed E-state index contributed by atoms with van der Waals surface area (Å²) in [4.78, 5) is 16.6. The molecule has 3 unspecified atom stereocenters. The van der Waals surface area contributed by atoms with Crippen LogP contribution >= 0.6 is 0 Å². The fourth-order valence-corrected chi connectivity index (χ4v) is 3.92. The second-order valence-electron chi connectivity index (χ2n) is 8.83. The van der Waals surface area contributed by atoms with Crippen LogP contribution in [0, 0.1) is 0 Å². The molecule has 0 aliphatic carbocycles. The highest BCUT2D eigenvalue weighted by Crippen LogP contribution is 2.34. The summed E-state index contributed by atoms with van der Waals surface area (Å²) < 4.78 is 49.7. The molecule has 0 aromatic heterocycles. The van der Waals surface area contributed by atoms with Crippen LogP contribution in [0.3, 0.4) is 0 Å². The summed E-state index contributed by atoms with van der Waals surface area (Å²) in [6, 6.07) is 5.09. The molecule has 1 aliphatic heterocycles. The lowest BCUT2D eigenvalue weighted by Crippen LogP contribution is -2.61. The van der Waals surface area contributed by atoms with Crippen LogP contribution < -0.4 is 0 Å². The monoisotopic (exact) mass is 430 g/mol. The molecule has 0 saturated carbocycles. The van der Waals surface area contributed by atoms with Gasteiger partial charge >= 0.3 is 12.3 Å². The van der Waals surface area contributed by atoms with Crippen molar-refractivity contribution in [3.63, 3.8) is 0 Å². The number of hydrogen-bond acceptors (Lipinski definition) is 4. The molecule has 1 aliphatic rings. The molecule has 170 valence electrons. The number of methoxy groups -OCH3 is 1. The lowest BCUT2D eigenvalue weighted by Gasteiger charge is -2.48. The number of benzene rings is 1. The predicted molar refractivity (Wildman–Crippen MR) is 109 cm³/mol. The Hall–Kier alpha value is -1.80. The number of piperazine rings is 1. The number of carbonyl (C=O) groups is 1. The number of hydrogen-bond donors (Lipinski definition) is 0. The van der Waals surface area contributed by atoms with Crippen LogP contribution in [0.1, 0.15) is 58.2 Å². The third-order valence-electron chi connectivity index (χ3n) is 5.28. The van der Waals surface area contributed by atoms with E-state index in [4.69, 9.17) is 9.47 Å². The van der Waals surface area contributed by atoms with Gasteiger partial charge in [0, 0.05) is 32.3 Å². The molecule has 0 bridgehead atoms. The smallest absolute Gasteiger partial charge is 0.416 e. The molecule has 0 spiro atoms. The fraction of sp³-hybridized carbons (Fsp3) is 0.682. The molecule has 1 aromatic rings. The van der Waals surface area contributed by atoms with E-state index in [9.17, 15) is 18.0 Å². The van der Waals surface area contributed by atoms with Gasteiger partial charge in [0.2, 0.25) is 0 Å². The zero-order valence-corrected chi connectivity index (χ0v) is 18.6. The summed E-state index contributed by atoms with van der Waals surface area (Å²) >= 11 is 0. The molecule has 1 fully saturated rings. The topological polar surface area (TPSA) is 42.0 Å². The SMILES string of the molecule is CCC(c1ccc(C(F)(F)F)cc1)N1CC(C)N(C(=O)OC(C)(C)C)CC1COC. The van der Waals surface area contributed by atoms with E-state index in [1.165, 1.54) is 0 Å². The van der Waals surface area contributed by atoms with E-state index in [0.29, 0.717) is 19.7 Å². The Balaban J connectivity index is 2.24. The molecule has 30 heavy (non-hydrogen) atoms. The van der Waals surface area contributed by atoms with Crippen LogP contribution in [0.15, 0.2) is 24.3 Å². The van der Waals surface area contributed by atoms with Gasteiger partial charge in [0.1, 0.15) is 5.60 Å². The van der Waals surface area contributed by atoms with Crippen LogP contribution in [0.25, 0.3) is 0 Å². The van der Waals surface area contributed by atoms with Gasteiger partial charge in [-0.25, -0.2) is 4.79 Å². The molecular weight excluding hydrogens is 397 g/mol. The maximum atomic E-state index is 12.9. The lowest BCUT2D eigenvalue weighted by atomic mass is 9.96. The van der Waals surface area contributed by atoms with E-state index in [1.54, 1.807) is 24.1 Å². The molecule has 1 heterocycles. The highest BCUT2D eigenvalue weighted by molar-refractivity contribution is 5.68. The van der Waals surface area contributed by atoms with Gasteiger partial charge < -0.3 is 14.4 Å². The quantitative estimate of drug-likeness (QED) is 0.651. The maximum Gasteiger partial charge on any atom is 0.416 e. The first-order chi connectivity index (χ1) is 13.9. The molecule has 0 N–H and O–H groups in total. The third kappa shape index (κ3) is 6.11. The first-order valence-electron chi connectivity index (χ1n) is 10.3. The van der Waals surface area contributed by atoms with Crippen LogP contribution in [0.4, 0.5) is 18.0 Å². The second kappa shape index (κ2) is 9.56. The van der Waals surface area contributed by atoms with E-state index in [1.807, 2.05) is 34.6 Å². The molecule has 3 atom stereocenters. The molecule has 0 radical (unpaired) electrons. The van der Waals surface area contributed by atoms with Crippen molar-refractivity contribution in [2.24, 2.45) is 0 Å². The first-order valence-corrected chi connectivity index (χ1v) is 10.3. The lowest BCUT2D eigenvalue weighted by molar-refractivity contribution is -0.137. The minimum atomic E-state index is -4.35. The van der Waals surface area contributed by atoms with E-state index in [-0.39, 0.29) is 24.2 Å². The molecule has 5 nitrogen and oxygen atoms in total. The summed E-state index contributed by atoms with van der Waals surface area (Å²) in [5.74, 6) is 0. The van der Waals surface area contributed by atoms with Crippen LogP contribution in [0.5, 0.6) is 0 Å². The van der Waals surface area contributed by atoms with Gasteiger partial charge in [0.25, 0.3) is 0 Å². The van der Waals surface area contributed by atoms with Crippen LogP contribution in [-0.4, -0.2) is 60.4 Å². The van der Waals surface area contributed by atoms with Gasteiger partial charge in [-0.3, -0.25) is 4.90 Å². The van der Waals surface area contributed by atoms with Gasteiger partial charge in [-0.1, -0.05) is 19.1 Å². The molecular formula is C22H33F3N2O3. The summed E-state index contributed by atoms with van der Waals surface area (Å²) in [7, 11) is 1.60. The Bertz CT molecular complexity index is 701. The normalized spacial score (nSPS) is 22.1. The third-order valence-corrected chi connectivity index (χ3v) is 5.28. The first kappa shape index (κ1) is 24.5. The second-order valence-corrected chi connectivity index (χ2v) is 8.83. The zero-order valence-electron chi connectivity index (χ0n) is 18.6. The Kier molecular flexibility index (Phi) is 7.80.